The maximum Gasteiger partial charge on any atom is 0.146 e. The maximum absolute atomic E-state index is 8.67. The molecule has 1 aromatic heterocycles. The van der Waals surface area contributed by atoms with Crippen molar-refractivity contribution in [2.45, 2.75) is 6.92 Å². The van der Waals surface area contributed by atoms with Gasteiger partial charge in [-0.05, 0) is 31.2 Å². The molecule has 0 fully saturated rings. The van der Waals surface area contributed by atoms with Crippen LogP contribution in [-0.4, -0.2) is 9.78 Å². The topological polar surface area (TPSA) is 67.6 Å². The van der Waals surface area contributed by atoms with E-state index in [4.69, 9.17) is 11.0 Å². The van der Waals surface area contributed by atoms with Gasteiger partial charge < -0.3 is 5.73 Å². The minimum absolute atomic E-state index is 0.497. The lowest BCUT2D eigenvalue weighted by Gasteiger charge is -2.03. The molecule has 2 N–H and O–H groups in total. The monoisotopic (exact) mass is 198 g/mol. The molecule has 74 valence electrons. The molecule has 0 unspecified atom stereocenters. The molecular formula is C11H10N4. The average Bonchev–Trinajstić information content (AvgIpc) is 2.58. The molecule has 15 heavy (non-hydrogen) atoms. The number of nitriles is 1. The van der Waals surface area contributed by atoms with Gasteiger partial charge in [0.05, 0.1) is 17.3 Å². The van der Waals surface area contributed by atoms with Crippen molar-refractivity contribution in [3.05, 3.63) is 41.6 Å². The predicted molar refractivity (Wildman–Crippen MR) is 57.4 cm³/mol. The molecule has 0 aliphatic carbocycles. The zero-order chi connectivity index (χ0) is 10.8. The lowest BCUT2D eigenvalue weighted by molar-refractivity contribution is 0.851. The normalized spacial score (nSPS) is 9.87. The largest absolute Gasteiger partial charge is 0.382 e. The van der Waals surface area contributed by atoms with Crippen molar-refractivity contribution in [2.24, 2.45) is 0 Å². The molecule has 0 saturated carbocycles. The Morgan fingerprint density at radius 2 is 2.00 bits per heavy atom. The van der Waals surface area contributed by atoms with E-state index in [0.717, 1.165) is 11.4 Å². The number of nitrogens with two attached hydrogens (primary N) is 1. The van der Waals surface area contributed by atoms with Gasteiger partial charge in [0.25, 0.3) is 0 Å². The summed E-state index contributed by atoms with van der Waals surface area (Å²) in [6.45, 7) is 1.93. The highest BCUT2D eigenvalue weighted by Crippen LogP contribution is 2.13. The SMILES string of the molecule is Cc1cc(N)nn1-c1ccc(C#N)cc1. The van der Waals surface area contributed by atoms with Crippen molar-refractivity contribution in [3.63, 3.8) is 0 Å². The molecule has 0 bridgehead atoms. The number of anilines is 1. The Labute approximate surface area is 87.6 Å². The van der Waals surface area contributed by atoms with Crippen LogP contribution < -0.4 is 5.73 Å². The van der Waals surface area contributed by atoms with E-state index in [0.29, 0.717) is 11.4 Å². The number of benzene rings is 1. The van der Waals surface area contributed by atoms with Crippen LogP contribution >= 0.6 is 0 Å². The summed E-state index contributed by atoms with van der Waals surface area (Å²) >= 11 is 0. The molecule has 0 aliphatic rings. The molecule has 0 radical (unpaired) electrons. The van der Waals surface area contributed by atoms with Crippen LogP contribution in [0.2, 0.25) is 0 Å². The van der Waals surface area contributed by atoms with E-state index >= 15 is 0 Å². The second kappa shape index (κ2) is 3.46. The number of rotatable bonds is 1. The lowest BCUT2D eigenvalue weighted by Crippen LogP contribution is -1.99. The highest BCUT2D eigenvalue weighted by molar-refractivity contribution is 5.42. The van der Waals surface area contributed by atoms with Gasteiger partial charge in [0, 0.05) is 11.8 Å². The first-order valence-corrected chi connectivity index (χ1v) is 4.53. The van der Waals surface area contributed by atoms with Crippen LogP contribution in [0.25, 0.3) is 5.69 Å². The van der Waals surface area contributed by atoms with Crippen LogP contribution in [-0.2, 0) is 0 Å². The summed E-state index contributed by atoms with van der Waals surface area (Å²) < 4.78 is 1.75. The Kier molecular flexibility index (Phi) is 2.14. The smallest absolute Gasteiger partial charge is 0.146 e. The van der Waals surface area contributed by atoms with Crippen molar-refractivity contribution in [2.75, 3.05) is 5.73 Å². The van der Waals surface area contributed by atoms with Crippen LogP contribution in [0.3, 0.4) is 0 Å². The van der Waals surface area contributed by atoms with Crippen molar-refractivity contribution in [1.29, 1.82) is 5.26 Å². The Bertz CT molecular complexity index is 517. The van der Waals surface area contributed by atoms with Crippen molar-refractivity contribution >= 4 is 5.82 Å². The van der Waals surface area contributed by atoms with Gasteiger partial charge in [-0.25, -0.2) is 4.68 Å². The predicted octanol–water partition coefficient (Wildman–Crippen LogP) is 1.63. The second-order valence-corrected chi connectivity index (χ2v) is 3.28. The summed E-state index contributed by atoms with van der Waals surface area (Å²) in [6.07, 6.45) is 0. The third-order valence-corrected chi connectivity index (χ3v) is 2.15. The maximum atomic E-state index is 8.67. The summed E-state index contributed by atoms with van der Waals surface area (Å²) in [5.41, 5.74) is 8.10. The zero-order valence-corrected chi connectivity index (χ0v) is 8.31. The van der Waals surface area contributed by atoms with Gasteiger partial charge in [-0.1, -0.05) is 0 Å². The van der Waals surface area contributed by atoms with Gasteiger partial charge >= 0.3 is 0 Å². The second-order valence-electron chi connectivity index (χ2n) is 3.28. The van der Waals surface area contributed by atoms with Crippen LogP contribution in [0.1, 0.15) is 11.3 Å². The summed E-state index contributed by atoms with van der Waals surface area (Å²) in [5, 5.41) is 12.8. The molecule has 0 spiro atoms. The van der Waals surface area contributed by atoms with Crippen LogP contribution in [0.15, 0.2) is 30.3 Å². The van der Waals surface area contributed by atoms with Crippen molar-refractivity contribution in [3.8, 4) is 11.8 Å². The average molecular weight is 198 g/mol. The molecule has 0 amide bonds. The molecule has 4 heteroatoms. The molecule has 2 aromatic rings. The molecule has 1 heterocycles. The number of nitrogens with zero attached hydrogens (tertiary/aromatic N) is 3. The summed E-state index contributed by atoms with van der Waals surface area (Å²) in [6, 6.07) is 11.1. The zero-order valence-electron chi connectivity index (χ0n) is 8.31. The van der Waals surface area contributed by atoms with Gasteiger partial charge in [-0.15, -0.1) is 0 Å². The number of hydrogen-bond acceptors (Lipinski definition) is 3. The van der Waals surface area contributed by atoms with E-state index in [9.17, 15) is 0 Å². The van der Waals surface area contributed by atoms with E-state index in [1.54, 1.807) is 22.9 Å². The standard InChI is InChI=1S/C11H10N4/c1-8-6-11(13)14-15(8)10-4-2-9(7-12)3-5-10/h2-6H,1H3,(H2,13,14). The van der Waals surface area contributed by atoms with E-state index in [1.807, 2.05) is 19.1 Å². The quantitative estimate of drug-likeness (QED) is 0.757. The van der Waals surface area contributed by atoms with Gasteiger partial charge in [0.2, 0.25) is 0 Å². The molecule has 0 saturated heterocycles. The van der Waals surface area contributed by atoms with Crippen molar-refractivity contribution in [1.82, 2.24) is 9.78 Å². The van der Waals surface area contributed by atoms with Gasteiger partial charge in [0.1, 0.15) is 5.82 Å². The minimum Gasteiger partial charge on any atom is -0.382 e. The first-order chi connectivity index (χ1) is 7.20. The summed E-state index contributed by atoms with van der Waals surface area (Å²) in [4.78, 5) is 0. The van der Waals surface area contributed by atoms with Crippen molar-refractivity contribution < 1.29 is 0 Å². The lowest BCUT2D eigenvalue weighted by atomic mass is 10.2. The molecule has 1 aromatic carbocycles. The molecule has 0 aliphatic heterocycles. The van der Waals surface area contributed by atoms with Gasteiger partial charge in [-0.3, -0.25) is 0 Å². The van der Waals surface area contributed by atoms with Gasteiger partial charge in [0.15, 0.2) is 0 Å². The minimum atomic E-state index is 0.497. The fourth-order valence-corrected chi connectivity index (χ4v) is 1.44. The Morgan fingerprint density at radius 3 is 2.47 bits per heavy atom. The van der Waals surface area contributed by atoms with Crippen LogP contribution in [0, 0.1) is 18.3 Å². The Morgan fingerprint density at radius 1 is 1.33 bits per heavy atom. The first-order valence-electron chi connectivity index (χ1n) is 4.53. The highest BCUT2D eigenvalue weighted by atomic mass is 15.3. The Balaban J connectivity index is 2.46. The highest BCUT2D eigenvalue weighted by Gasteiger charge is 2.03. The number of aryl methyl sites for hydroxylation is 1. The van der Waals surface area contributed by atoms with Crippen LogP contribution in [0.5, 0.6) is 0 Å². The number of aromatic nitrogens is 2. The fraction of sp³-hybridized carbons (Fsp3) is 0.0909. The number of nitrogen functional groups attached to an aromatic ring is 1. The summed E-state index contributed by atoms with van der Waals surface area (Å²) in [5.74, 6) is 0.497. The van der Waals surface area contributed by atoms with Crippen LogP contribution in [0.4, 0.5) is 5.82 Å². The number of hydrogen-bond donors (Lipinski definition) is 1. The van der Waals surface area contributed by atoms with E-state index < -0.39 is 0 Å². The molecule has 4 nitrogen and oxygen atoms in total. The fourth-order valence-electron chi connectivity index (χ4n) is 1.44. The third kappa shape index (κ3) is 1.67. The van der Waals surface area contributed by atoms with E-state index in [1.165, 1.54) is 0 Å². The third-order valence-electron chi connectivity index (χ3n) is 2.15. The van der Waals surface area contributed by atoms with Gasteiger partial charge in [-0.2, -0.15) is 10.4 Å². The molecule has 2 rings (SSSR count). The molecular weight excluding hydrogens is 188 g/mol. The van der Waals surface area contributed by atoms with E-state index in [-0.39, 0.29) is 0 Å². The first kappa shape index (κ1) is 9.28. The summed E-state index contributed by atoms with van der Waals surface area (Å²) in [7, 11) is 0. The molecule has 0 atom stereocenters. The Hall–Kier alpha value is -2.28. The van der Waals surface area contributed by atoms with E-state index in [2.05, 4.69) is 11.2 Å².